The van der Waals surface area contributed by atoms with Crippen LogP contribution in [0.25, 0.3) is 0 Å². The fourth-order valence-corrected chi connectivity index (χ4v) is 2.82. The van der Waals surface area contributed by atoms with Gasteiger partial charge < -0.3 is 15.5 Å². The minimum absolute atomic E-state index is 0.00843. The molecule has 21 heavy (non-hydrogen) atoms. The molecule has 0 heterocycles. The summed E-state index contributed by atoms with van der Waals surface area (Å²) >= 11 is 0. The molecule has 0 aromatic carbocycles. The van der Waals surface area contributed by atoms with Gasteiger partial charge in [-0.3, -0.25) is 9.59 Å². The molecule has 2 atom stereocenters. The molecule has 5 nitrogen and oxygen atoms in total. The molecule has 0 aromatic heterocycles. The Balaban J connectivity index is 2.50. The van der Waals surface area contributed by atoms with E-state index in [0.717, 1.165) is 19.3 Å². The second kappa shape index (κ2) is 8.37. The highest BCUT2D eigenvalue weighted by molar-refractivity contribution is 5.87. The first-order valence-corrected chi connectivity index (χ1v) is 8.14. The van der Waals surface area contributed by atoms with Crippen molar-refractivity contribution < 1.29 is 9.59 Å². The summed E-state index contributed by atoms with van der Waals surface area (Å²) in [5, 5.41) is 0. The first-order valence-electron chi connectivity index (χ1n) is 8.14. The maximum absolute atomic E-state index is 12.3. The van der Waals surface area contributed by atoms with Gasteiger partial charge in [-0.25, -0.2) is 0 Å². The van der Waals surface area contributed by atoms with Gasteiger partial charge in [0.2, 0.25) is 11.8 Å². The van der Waals surface area contributed by atoms with E-state index in [1.807, 2.05) is 25.8 Å². The summed E-state index contributed by atoms with van der Waals surface area (Å²) in [6.07, 6.45) is 6.65. The maximum Gasteiger partial charge on any atom is 0.242 e. The van der Waals surface area contributed by atoms with Crippen molar-refractivity contribution in [1.82, 2.24) is 9.80 Å². The van der Waals surface area contributed by atoms with E-state index in [-0.39, 0.29) is 24.3 Å². The molecule has 1 saturated carbocycles. The van der Waals surface area contributed by atoms with Crippen molar-refractivity contribution in [1.29, 1.82) is 0 Å². The number of carbonyl (C=O) groups is 2. The van der Waals surface area contributed by atoms with Gasteiger partial charge in [0, 0.05) is 20.1 Å². The number of likely N-dealkylation sites (N-methyl/N-ethyl adjacent to an activating group) is 2. The van der Waals surface area contributed by atoms with Crippen molar-refractivity contribution >= 4 is 11.8 Å². The summed E-state index contributed by atoms with van der Waals surface area (Å²) in [5.74, 6) is -0.00466. The van der Waals surface area contributed by atoms with E-state index in [1.54, 1.807) is 7.05 Å². The molecule has 0 radical (unpaired) electrons. The van der Waals surface area contributed by atoms with Crippen LogP contribution in [0, 0.1) is 5.92 Å². The van der Waals surface area contributed by atoms with Gasteiger partial charge >= 0.3 is 0 Å². The van der Waals surface area contributed by atoms with E-state index in [1.165, 1.54) is 24.2 Å². The molecule has 1 fully saturated rings. The summed E-state index contributed by atoms with van der Waals surface area (Å²) in [4.78, 5) is 27.8. The van der Waals surface area contributed by atoms with Crippen LogP contribution in [0.3, 0.4) is 0 Å². The average Bonchev–Trinajstić information content (AvgIpc) is 2.52. The van der Waals surface area contributed by atoms with E-state index in [2.05, 4.69) is 0 Å². The molecule has 1 aliphatic carbocycles. The second-order valence-corrected chi connectivity index (χ2v) is 6.40. The highest BCUT2D eigenvalue weighted by atomic mass is 16.2. The molecule has 5 heteroatoms. The quantitative estimate of drug-likeness (QED) is 0.810. The van der Waals surface area contributed by atoms with Gasteiger partial charge in [0.05, 0.1) is 12.6 Å². The lowest BCUT2D eigenvalue weighted by molar-refractivity contribution is -0.141. The Hall–Kier alpha value is -1.10. The lowest BCUT2D eigenvalue weighted by Crippen LogP contribution is -2.50. The molecule has 0 bridgehead atoms. The van der Waals surface area contributed by atoms with Crippen LogP contribution >= 0.6 is 0 Å². The van der Waals surface area contributed by atoms with Crippen LogP contribution < -0.4 is 5.73 Å². The van der Waals surface area contributed by atoms with Crippen molar-refractivity contribution in [3.63, 3.8) is 0 Å². The SMILES string of the molecule is CC[C@H](C)[C@H](N)C(=O)N(C)CC(=O)N(C)C1CCCCC1. The van der Waals surface area contributed by atoms with Gasteiger partial charge in [0.15, 0.2) is 0 Å². The van der Waals surface area contributed by atoms with E-state index >= 15 is 0 Å². The monoisotopic (exact) mass is 297 g/mol. The van der Waals surface area contributed by atoms with Gasteiger partial charge in [-0.2, -0.15) is 0 Å². The van der Waals surface area contributed by atoms with Crippen LogP contribution in [0.4, 0.5) is 0 Å². The molecule has 0 spiro atoms. The number of nitrogens with zero attached hydrogens (tertiary/aromatic N) is 2. The predicted octanol–water partition coefficient (Wildman–Crippen LogP) is 1.61. The first-order chi connectivity index (χ1) is 9.88. The van der Waals surface area contributed by atoms with Crippen LogP contribution in [0.5, 0.6) is 0 Å². The van der Waals surface area contributed by atoms with Crippen molar-refractivity contribution in [2.45, 2.75) is 64.5 Å². The molecule has 0 unspecified atom stereocenters. The molecule has 2 amide bonds. The van der Waals surface area contributed by atoms with Crippen molar-refractivity contribution in [3.05, 3.63) is 0 Å². The predicted molar refractivity (Wildman–Crippen MR) is 84.7 cm³/mol. The fraction of sp³-hybridized carbons (Fsp3) is 0.875. The molecular formula is C16H31N3O2. The lowest BCUT2D eigenvalue weighted by Gasteiger charge is -2.33. The minimum atomic E-state index is -0.521. The number of nitrogens with two attached hydrogens (primary N) is 1. The van der Waals surface area contributed by atoms with Crippen molar-refractivity contribution in [3.8, 4) is 0 Å². The third-order valence-electron chi connectivity index (χ3n) is 4.81. The summed E-state index contributed by atoms with van der Waals surface area (Å²) in [6.45, 7) is 4.10. The molecule has 0 saturated heterocycles. The molecular weight excluding hydrogens is 266 g/mol. The number of rotatable bonds is 6. The second-order valence-electron chi connectivity index (χ2n) is 6.40. The van der Waals surface area contributed by atoms with E-state index in [0.29, 0.717) is 6.04 Å². The number of hydrogen-bond donors (Lipinski definition) is 1. The van der Waals surface area contributed by atoms with Gasteiger partial charge in [-0.1, -0.05) is 39.5 Å². The van der Waals surface area contributed by atoms with Crippen LogP contribution in [0.1, 0.15) is 52.4 Å². The molecule has 1 rings (SSSR count). The standard InChI is InChI=1S/C16H31N3O2/c1-5-12(2)15(17)16(21)18(3)11-14(20)19(4)13-9-7-6-8-10-13/h12-13,15H,5-11,17H2,1-4H3/t12-,15-/m0/s1. The Morgan fingerprint density at radius 1 is 1.19 bits per heavy atom. The number of carbonyl (C=O) groups excluding carboxylic acids is 2. The summed E-state index contributed by atoms with van der Waals surface area (Å²) in [7, 11) is 3.52. The minimum Gasteiger partial charge on any atom is -0.341 e. The highest BCUT2D eigenvalue weighted by Crippen LogP contribution is 2.21. The largest absolute Gasteiger partial charge is 0.341 e. The van der Waals surface area contributed by atoms with E-state index in [4.69, 9.17) is 5.73 Å². The highest BCUT2D eigenvalue weighted by Gasteiger charge is 2.27. The Morgan fingerprint density at radius 3 is 2.29 bits per heavy atom. The topological polar surface area (TPSA) is 66.6 Å². The third-order valence-corrected chi connectivity index (χ3v) is 4.81. The lowest BCUT2D eigenvalue weighted by atomic mass is 9.94. The van der Waals surface area contributed by atoms with Crippen LogP contribution in [-0.4, -0.2) is 54.3 Å². The smallest absolute Gasteiger partial charge is 0.242 e. The zero-order chi connectivity index (χ0) is 16.0. The summed E-state index contributed by atoms with van der Waals surface area (Å²) < 4.78 is 0. The first kappa shape index (κ1) is 18.0. The van der Waals surface area contributed by atoms with Crippen molar-refractivity contribution in [2.75, 3.05) is 20.6 Å². The van der Waals surface area contributed by atoms with Crippen LogP contribution in [0.2, 0.25) is 0 Å². The Bertz CT molecular complexity index is 353. The van der Waals surface area contributed by atoms with Crippen LogP contribution in [-0.2, 0) is 9.59 Å². The molecule has 1 aliphatic rings. The zero-order valence-corrected chi connectivity index (χ0v) is 14.0. The van der Waals surface area contributed by atoms with E-state index < -0.39 is 6.04 Å². The maximum atomic E-state index is 12.3. The van der Waals surface area contributed by atoms with Gasteiger partial charge in [-0.05, 0) is 18.8 Å². The van der Waals surface area contributed by atoms with Gasteiger partial charge in [0.1, 0.15) is 0 Å². The Morgan fingerprint density at radius 2 is 1.76 bits per heavy atom. The number of hydrogen-bond acceptors (Lipinski definition) is 3. The zero-order valence-electron chi connectivity index (χ0n) is 14.0. The summed E-state index contributed by atoms with van der Waals surface area (Å²) in [6, 6.07) is -0.189. The van der Waals surface area contributed by atoms with Crippen LogP contribution in [0.15, 0.2) is 0 Å². The summed E-state index contributed by atoms with van der Waals surface area (Å²) in [5.41, 5.74) is 5.95. The molecule has 0 aromatic rings. The number of amides is 2. The van der Waals surface area contributed by atoms with Gasteiger partial charge in [-0.15, -0.1) is 0 Å². The molecule has 0 aliphatic heterocycles. The Kier molecular flexibility index (Phi) is 7.15. The Labute approximate surface area is 128 Å². The molecule has 2 N–H and O–H groups in total. The fourth-order valence-electron chi connectivity index (χ4n) is 2.82. The molecule has 122 valence electrons. The normalized spacial score (nSPS) is 18.9. The van der Waals surface area contributed by atoms with E-state index in [9.17, 15) is 9.59 Å². The third kappa shape index (κ3) is 4.99. The van der Waals surface area contributed by atoms with Gasteiger partial charge in [0.25, 0.3) is 0 Å². The average molecular weight is 297 g/mol. The van der Waals surface area contributed by atoms with Crippen molar-refractivity contribution in [2.24, 2.45) is 11.7 Å².